The van der Waals surface area contributed by atoms with Crippen molar-refractivity contribution in [1.29, 1.82) is 0 Å². The molecular weight excluding hydrogens is 220 g/mol. The van der Waals surface area contributed by atoms with Crippen molar-refractivity contribution in [1.82, 2.24) is 14.8 Å². The summed E-state index contributed by atoms with van der Waals surface area (Å²) in [7, 11) is 1.96. The number of hydrogen-bond acceptors (Lipinski definition) is 4. The van der Waals surface area contributed by atoms with Gasteiger partial charge in [0.2, 0.25) is 0 Å². The Balaban J connectivity index is 2.34. The maximum Gasteiger partial charge on any atom is 0.195 e. The van der Waals surface area contributed by atoms with Gasteiger partial charge in [0.25, 0.3) is 0 Å². The number of benzene rings is 1. The van der Waals surface area contributed by atoms with Crippen LogP contribution in [0, 0.1) is 13.8 Å². The Bertz CT molecular complexity index is 519. The van der Waals surface area contributed by atoms with Crippen molar-refractivity contribution in [3.05, 3.63) is 29.6 Å². The predicted molar refractivity (Wildman–Crippen MR) is 65.5 cm³/mol. The molecule has 0 atom stereocenters. The second kappa shape index (κ2) is 4.17. The molecule has 4 nitrogen and oxygen atoms in total. The van der Waals surface area contributed by atoms with E-state index in [4.69, 9.17) is 5.73 Å². The van der Waals surface area contributed by atoms with Crippen LogP contribution in [0.5, 0.6) is 0 Å². The SMILES string of the molecule is Cc1c(N)cccc1Sc1nnc(C)n1C. The largest absolute Gasteiger partial charge is 0.398 e. The lowest BCUT2D eigenvalue weighted by atomic mass is 10.2. The van der Waals surface area contributed by atoms with Gasteiger partial charge >= 0.3 is 0 Å². The Hall–Kier alpha value is -1.49. The maximum absolute atomic E-state index is 5.86. The van der Waals surface area contributed by atoms with Crippen LogP contribution < -0.4 is 5.73 Å². The van der Waals surface area contributed by atoms with Gasteiger partial charge < -0.3 is 10.3 Å². The predicted octanol–water partition coefficient (Wildman–Crippen LogP) is 2.17. The summed E-state index contributed by atoms with van der Waals surface area (Å²) in [5.74, 6) is 0.907. The van der Waals surface area contributed by atoms with E-state index in [1.807, 2.05) is 43.7 Å². The zero-order chi connectivity index (χ0) is 11.7. The van der Waals surface area contributed by atoms with Crippen LogP contribution in [0.3, 0.4) is 0 Å². The third kappa shape index (κ3) is 1.90. The second-order valence-electron chi connectivity index (χ2n) is 3.66. The Morgan fingerprint density at radius 3 is 2.62 bits per heavy atom. The van der Waals surface area contributed by atoms with Crippen LogP contribution in [0.25, 0.3) is 0 Å². The first-order valence-corrected chi connectivity index (χ1v) is 5.80. The van der Waals surface area contributed by atoms with Gasteiger partial charge in [-0.15, -0.1) is 10.2 Å². The molecule has 0 saturated heterocycles. The molecular formula is C11H14N4S. The number of aryl methyl sites for hydroxylation is 1. The first kappa shape index (κ1) is 11.0. The summed E-state index contributed by atoms with van der Waals surface area (Å²) in [4.78, 5) is 1.12. The fourth-order valence-corrected chi connectivity index (χ4v) is 2.28. The molecule has 2 rings (SSSR count). The highest BCUT2D eigenvalue weighted by atomic mass is 32.2. The summed E-state index contributed by atoms with van der Waals surface area (Å²) in [6.45, 7) is 3.95. The third-order valence-electron chi connectivity index (χ3n) is 2.58. The van der Waals surface area contributed by atoms with Gasteiger partial charge in [-0.3, -0.25) is 0 Å². The Labute approximate surface area is 98.9 Å². The smallest absolute Gasteiger partial charge is 0.195 e. The van der Waals surface area contributed by atoms with Crippen LogP contribution in [-0.2, 0) is 7.05 Å². The molecule has 0 unspecified atom stereocenters. The lowest BCUT2D eigenvalue weighted by molar-refractivity contribution is 0.765. The van der Waals surface area contributed by atoms with Gasteiger partial charge in [0, 0.05) is 17.6 Å². The van der Waals surface area contributed by atoms with Crippen molar-refractivity contribution in [3.63, 3.8) is 0 Å². The van der Waals surface area contributed by atoms with E-state index in [0.717, 1.165) is 27.1 Å². The van der Waals surface area contributed by atoms with Crippen molar-refractivity contribution in [3.8, 4) is 0 Å². The van der Waals surface area contributed by atoms with E-state index < -0.39 is 0 Å². The highest BCUT2D eigenvalue weighted by Gasteiger charge is 2.09. The summed E-state index contributed by atoms with van der Waals surface area (Å²) in [5, 5.41) is 9.02. The van der Waals surface area contributed by atoms with E-state index in [0.29, 0.717) is 0 Å². The van der Waals surface area contributed by atoms with E-state index in [1.165, 1.54) is 0 Å². The molecule has 0 aliphatic carbocycles. The van der Waals surface area contributed by atoms with Gasteiger partial charge in [-0.2, -0.15) is 0 Å². The van der Waals surface area contributed by atoms with Crippen LogP contribution in [-0.4, -0.2) is 14.8 Å². The normalized spacial score (nSPS) is 10.7. The molecule has 16 heavy (non-hydrogen) atoms. The van der Waals surface area contributed by atoms with Crippen LogP contribution in [0.2, 0.25) is 0 Å². The molecule has 0 aliphatic heterocycles. The van der Waals surface area contributed by atoms with Crippen molar-refractivity contribution < 1.29 is 0 Å². The summed E-state index contributed by atoms with van der Waals surface area (Å²) >= 11 is 1.59. The van der Waals surface area contributed by atoms with Gasteiger partial charge in [0.15, 0.2) is 5.16 Å². The van der Waals surface area contributed by atoms with Crippen molar-refractivity contribution >= 4 is 17.4 Å². The zero-order valence-corrected chi connectivity index (χ0v) is 10.4. The summed E-state index contributed by atoms with van der Waals surface area (Å²) < 4.78 is 1.97. The molecule has 1 aromatic heterocycles. The number of rotatable bonds is 2. The van der Waals surface area contributed by atoms with Gasteiger partial charge in [-0.25, -0.2) is 0 Å². The van der Waals surface area contributed by atoms with E-state index >= 15 is 0 Å². The van der Waals surface area contributed by atoms with Crippen molar-refractivity contribution in [2.24, 2.45) is 7.05 Å². The average Bonchev–Trinajstić information content (AvgIpc) is 2.57. The summed E-state index contributed by atoms with van der Waals surface area (Å²) in [6, 6.07) is 5.90. The molecule has 1 aromatic carbocycles. The summed E-state index contributed by atoms with van der Waals surface area (Å²) in [5.41, 5.74) is 7.76. The Morgan fingerprint density at radius 2 is 2.00 bits per heavy atom. The number of nitrogens with zero attached hydrogens (tertiary/aromatic N) is 3. The minimum atomic E-state index is 0.809. The topological polar surface area (TPSA) is 56.7 Å². The number of anilines is 1. The molecule has 0 radical (unpaired) electrons. The van der Waals surface area contributed by atoms with Gasteiger partial charge in [0.1, 0.15) is 5.82 Å². The van der Waals surface area contributed by atoms with Gasteiger partial charge in [-0.1, -0.05) is 6.07 Å². The van der Waals surface area contributed by atoms with Crippen LogP contribution in [0.15, 0.2) is 28.3 Å². The highest BCUT2D eigenvalue weighted by Crippen LogP contribution is 2.31. The van der Waals surface area contributed by atoms with E-state index in [-0.39, 0.29) is 0 Å². The minimum absolute atomic E-state index is 0.809. The summed E-state index contributed by atoms with van der Waals surface area (Å²) in [6.07, 6.45) is 0. The lowest BCUT2D eigenvalue weighted by Crippen LogP contribution is -1.95. The van der Waals surface area contributed by atoms with Gasteiger partial charge in [-0.05, 0) is 43.3 Å². The quantitative estimate of drug-likeness (QED) is 0.809. The van der Waals surface area contributed by atoms with Crippen LogP contribution in [0.4, 0.5) is 5.69 Å². The highest BCUT2D eigenvalue weighted by molar-refractivity contribution is 7.99. The molecule has 0 fully saturated rings. The van der Waals surface area contributed by atoms with Crippen molar-refractivity contribution in [2.45, 2.75) is 23.9 Å². The van der Waals surface area contributed by atoms with E-state index in [2.05, 4.69) is 10.2 Å². The second-order valence-corrected chi connectivity index (χ2v) is 4.67. The number of nitrogens with two attached hydrogens (primary N) is 1. The standard InChI is InChI=1S/C11H14N4S/c1-7-9(12)5-4-6-10(7)16-11-14-13-8(2)15(11)3/h4-6H,12H2,1-3H3. The Morgan fingerprint density at radius 1 is 1.25 bits per heavy atom. The Kier molecular flexibility index (Phi) is 2.87. The molecule has 0 spiro atoms. The van der Waals surface area contributed by atoms with Crippen LogP contribution >= 0.6 is 11.8 Å². The van der Waals surface area contributed by atoms with E-state index in [1.54, 1.807) is 11.8 Å². The third-order valence-corrected chi connectivity index (χ3v) is 3.78. The fourth-order valence-electron chi connectivity index (χ4n) is 1.32. The molecule has 5 heteroatoms. The van der Waals surface area contributed by atoms with Crippen LogP contribution in [0.1, 0.15) is 11.4 Å². The average molecular weight is 234 g/mol. The molecule has 0 aliphatic rings. The molecule has 0 bridgehead atoms. The molecule has 2 N–H and O–H groups in total. The van der Waals surface area contributed by atoms with E-state index in [9.17, 15) is 0 Å². The molecule has 84 valence electrons. The molecule has 0 saturated carbocycles. The monoisotopic (exact) mass is 234 g/mol. The first-order valence-electron chi connectivity index (χ1n) is 4.98. The fraction of sp³-hybridized carbons (Fsp3) is 0.273. The molecule has 0 amide bonds. The first-order chi connectivity index (χ1) is 7.59. The zero-order valence-electron chi connectivity index (χ0n) is 9.56. The molecule has 2 aromatic rings. The number of aromatic nitrogens is 3. The van der Waals surface area contributed by atoms with Gasteiger partial charge in [0.05, 0.1) is 0 Å². The number of nitrogen functional groups attached to an aromatic ring is 1. The lowest BCUT2D eigenvalue weighted by Gasteiger charge is -2.07. The molecule has 1 heterocycles. The van der Waals surface area contributed by atoms with Crippen molar-refractivity contribution in [2.75, 3.05) is 5.73 Å². The number of hydrogen-bond donors (Lipinski definition) is 1. The minimum Gasteiger partial charge on any atom is -0.398 e. The maximum atomic E-state index is 5.86.